The average Bonchev–Trinajstić information content (AvgIpc) is 3.97. The zero-order valence-electron chi connectivity index (χ0n) is 44.8. The summed E-state index contributed by atoms with van der Waals surface area (Å²) in [4.78, 5) is 17.4. The minimum Gasteiger partial charge on any atom is -0.278 e. The zero-order chi connectivity index (χ0) is 54.7. The van der Waals surface area contributed by atoms with Crippen LogP contribution in [-0.4, -0.2) is 24.1 Å². The first kappa shape index (κ1) is 46.5. The quantitative estimate of drug-likeness (QED) is 0.167. The van der Waals surface area contributed by atoms with E-state index in [2.05, 4.69) is 264 Å². The number of aromatic nitrogens is 5. The first-order valence-electron chi connectivity index (χ1n) is 28.4. The van der Waals surface area contributed by atoms with E-state index >= 15 is 0 Å². The summed E-state index contributed by atoms with van der Waals surface area (Å²) < 4.78 is 12.3. The van der Waals surface area contributed by atoms with Crippen molar-refractivity contribution >= 4 is 138 Å². The van der Waals surface area contributed by atoms with E-state index in [0.29, 0.717) is 17.7 Å². The Kier molecular flexibility index (Phi) is 9.81. The maximum atomic E-state index is 5.81. The minimum absolute atomic E-state index is 0.311. The van der Waals surface area contributed by atoms with E-state index in [0.717, 1.165) is 71.4 Å². The average molecular weight is 1120 g/mol. The lowest BCUT2D eigenvalue weighted by molar-refractivity contribution is 0.793. The van der Waals surface area contributed by atoms with Gasteiger partial charge in [-0.05, 0) is 141 Å². The van der Waals surface area contributed by atoms with Crippen molar-refractivity contribution in [1.82, 2.24) is 24.1 Å². The number of fused-ring (bicyclic) bond motifs is 18. The highest BCUT2D eigenvalue weighted by atomic mass is 32.1. The Balaban J connectivity index is 0.866. The number of hydrogen-bond acceptors (Lipinski definition) is 6. The van der Waals surface area contributed by atoms with Gasteiger partial charge >= 0.3 is 0 Å². The molecule has 0 N–H and O–H groups in total. The van der Waals surface area contributed by atoms with Gasteiger partial charge in [0, 0.05) is 82.1 Å². The van der Waals surface area contributed by atoms with E-state index in [1.807, 2.05) is 34.0 Å². The van der Waals surface area contributed by atoms with Gasteiger partial charge in [-0.15, -0.1) is 34.0 Å². The lowest BCUT2D eigenvalue weighted by atomic mass is 9.93. The molecular formula is C76H43N5S3. The predicted octanol–water partition coefficient (Wildman–Crippen LogP) is 21.3. The third kappa shape index (κ3) is 6.84. The highest BCUT2D eigenvalue weighted by molar-refractivity contribution is 7.26. The van der Waals surface area contributed by atoms with E-state index in [1.165, 1.54) is 88.3 Å². The molecule has 390 valence electrons. The number of thiophene rings is 3. The normalized spacial score (nSPS) is 13.4. The van der Waals surface area contributed by atoms with Crippen LogP contribution in [0.15, 0.2) is 255 Å². The Labute approximate surface area is 492 Å². The maximum Gasteiger partial charge on any atom is 0.239 e. The molecule has 0 aliphatic heterocycles. The van der Waals surface area contributed by atoms with Crippen LogP contribution in [0.1, 0.15) is 22.9 Å². The van der Waals surface area contributed by atoms with Crippen LogP contribution in [0.3, 0.4) is 0 Å². The van der Waals surface area contributed by atoms with Crippen LogP contribution in [0.25, 0.3) is 161 Å². The van der Waals surface area contributed by atoms with Crippen molar-refractivity contribution in [3.63, 3.8) is 0 Å². The summed E-state index contributed by atoms with van der Waals surface area (Å²) in [5, 5.41) is 12.2. The van der Waals surface area contributed by atoms with Crippen LogP contribution in [0, 0.1) is 0 Å². The maximum absolute atomic E-state index is 5.81. The van der Waals surface area contributed by atoms with Gasteiger partial charge in [-0.1, -0.05) is 170 Å². The molecule has 1 aliphatic carbocycles. The molecule has 8 heteroatoms. The van der Waals surface area contributed by atoms with E-state index < -0.39 is 0 Å². The second kappa shape index (κ2) is 17.7. The van der Waals surface area contributed by atoms with E-state index in [-0.39, 0.29) is 5.92 Å². The highest BCUT2D eigenvalue weighted by Crippen LogP contribution is 2.50. The SMILES string of the molecule is c1ccc2c(c1)-c1ccc(-c3ccc4sc5ccccc5c4c3)cc1C2c1nc(-n2c3ccccc3c3ccc(-c4ccc5sc6ccccc6c5c4)cc32)nc(-n2c3ccccc3c3ccc(-c4ccc5sc6ccccc6c5c4)cc32)n1. The largest absolute Gasteiger partial charge is 0.278 e. The first-order valence-corrected chi connectivity index (χ1v) is 30.9. The summed E-state index contributed by atoms with van der Waals surface area (Å²) in [5.74, 6) is 1.50. The minimum atomic E-state index is -0.311. The Morgan fingerprint density at radius 1 is 0.250 bits per heavy atom. The van der Waals surface area contributed by atoms with Crippen LogP contribution >= 0.6 is 34.0 Å². The zero-order valence-corrected chi connectivity index (χ0v) is 47.2. The summed E-state index contributed by atoms with van der Waals surface area (Å²) in [5.41, 5.74) is 15.8. The molecule has 6 heterocycles. The standard InChI is InChI=1S/C76H43N5S3/c1-2-19-58-49(13-1)50-31-25-43(44-28-34-70-59(37-44)55-16-5-10-22-67(55)82-70)40-62(50)73(58)74-77-75(80-63-20-8-3-14-51(63)53-32-26-47(41-65(53)80)45-29-35-71-60(38-45)56-17-6-11-23-68(56)83-71)79-76(78-74)81-64-21-9-4-15-52(64)54-33-27-48(42-66(54)81)46-30-36-72-61(39-46)57-18-7-12-24-69(57)84-72/h1-42,73H. The molecule has 0 saturated heterocycles. The highest BCUT2D eigenvalue weighted by Gasteiger charge is 2.34. The Bertz CT molecular complexity index is 5600. The number of para-hydroxylation sites is 2. The fourth-order valence-corrected chi connectivity index (χ4v) is 17.1. The Morgan fingerprint density at radius 2 is 0.607 bits per heavy atom. The molecule has 0 amide bonds. The third-order valence-electron chi connectivity index (χ3n) is 17.7. The topological polar surface area (TPSA) is 48.5 Å². The molecule has 0 fully saturated rings. The molecule has 5 nitrogen and oxygen atoms in total. The summed E-state index contributed by atoms with van der Waals surface area (Å²) in [7, 11) is 0. The molecule has 84 heavy (non-hydrogen) atoms. The molecule has 6 aromatic heterocycles. The van der Waals surface area contributed by atoms with Crippen LogP contribution in [-0.2, 0) is 0 Å². The van der Waals surface area contributed by atoms with Gasteiger partial charge in [-0.2, -0.15) is 15.0 Å². The summed E-state index contributed by atoms with van der Waals surface area (Å²) in [6.45, 7) is 0. The molecule has 12 aromatic carbocycles. The van der Waals surface area contributed by atoms with Crippen molar-refractivity contribution in [2.24, 2.45) is 0 Å². The summed E-state index contributed by atoms with van der Waals surface area (Å²) in [6, 6.07) is 94.1. The second-order valence-corrected chi connectivity index (χ2v) is 25.5. The van der Waals surface area contributed by atoms with Gasteiger partial charge in [0.2, 0.25) is 11.9 Å². The third-order valence-corrected chi connectivity index (χ3v) is 21.1. The molecule has 1 unspecified atom stereocenters. The van der Waals surface area contributed by atoms with Gasteiger partial charge in [0.15, 0.2) is 0 Å². The van der Waals surface area contributed by atoms with Crippen molar-refractivity contribution in [2.75, 3.05) is 0 Å². The van der Waals surface area contributed by atoms with Crippen LogP contribution < -0.4 is 0 Å². The fraction of sp³-hybridized carbons (Fsp3) is 0.0132. The number of benzene rings is 12. The van der Waals surface area contributed by atoms with Crippen LogP contribution in [0.5, 0.6) is 0 Å². The molecule has 19 rings (SSSR count). The van der Waals surface area contributed by atoms with Crippen LogP contribution in [0.2, 0.25) is 0 Å². The Morgan fingerprint density at radius 3 is 1.11 bits per heavy atom. The number of hydrogen-bond donors (Lipinski definition) is 0. The molecule has 0 saturated carbocycles. The second-order valence-electron chi connectivity index (χ2n) is 22.2. The van der Waals surface area contributed by atoms with Gasteiger partial charge in [0.25, 0.3) is 0 Å². The van der Waals surface area contributed by atoms with Crippen molar-refractivity contribution in [2.45, 2.75) is 5.92 Å². The lowest BCUT2D eigenvalue weighted by Crippen LogP contribution is -2.15. The number of rotatable bonds is 6. The van der Waals surface area contributed by atoms with Gasteiger partial charge in [-0.3, -0.25) is 9.13 Å². The van der Waals surface area contributed by atoms with Crippen molar-refractivity contribution in [3.05, 3.63) is 272 Å². The molecule has 0 spiro atoms. The molecule has 18 aromatic rings. The van der Waals surface area contributed by atoms with Gasteiger partial charge in [0.1, 0.15) is 5.82 Å². The van der Waals surface area contributed by atoms with Crippen molar-refractivity contribution in [1.29, 1.82) is 0 Å². The summed E-state index contributed by atoms with van der Waals surface area (Å²) >= 11 is 5.55. The summed E-state index contributed by atoms with van der Waals surface area (Å²) in [6.07, 6.45) is 0. The fourth-order valence-electron chi connectivity index (χ4n) is 13.8. The smallest absolute Gasteiger partial charge is 0.239 e. The van der Waals surface area contributed by atoms with Crippen molar-refractivity contribution < 1.29 is 0 Å². The van der Waals surface area contributed by atoms with E-state index in [9.17, 15) is 0 Å². The Hall–Kier alpha value is -10.1. The van der Waals surface area contributed by atoms with Crippen molar-refractivity contribution in [3.8, 4) is 56.4 Å². The molecular weight excluding hydrogens is 1080 g/mol. The van der Waals surface area contributed by atoms with Crippen LogP contribution in [0.4, 0.5) is 0 Å². The van der Waals surface area contributed by atoms with Gasteiger partial charge in [0.05, 0.1) is 28.0 Å². The van der Waals surface area contributed by atoms with Gasteiger partial charge in [-0.25, -0.2) is 0 Å². The molecule has 1 aliphatic rings. The van der Waals surface area contributed by atoms with E-state index in [1.54, 1.807) is 0 Å². The monoisotopic (exact) mass is 1120 g/mol. The number of nitrogens with zero attached hydrogens (tertiary/aromatic N) is 5. The molecule has 0 radical (unpaired) electrons. The molecule has 1 atom stereocenters. The van der Waals surface area contributed by atoms with E-state index in [4.69, 9.17) is 15.0 Å². The predicted molar refractivity (Wildman–Crippen MR) is 356 cm³/mol. The molecule has 0 bridgehead atoms. The lowest BCUT2D eigenvalue weighted by Gasteiger charge is -2.17. The first-order chi connectivity index (χ1) is 41.6. The van der Waals surface area contributed by atoms with Gasteiger partial charge < -0.3 is 0 Å².